The van der Waals surface area contributed by atoms with Crippen molar-refractivity contribution in [3.63, 3.8) is 0 Å². The number of amides is 2. The van der Waals surface area contributed by atoms with Crippen LogP contribution in [0.5, 0.6) is 0 Å². The van der Waals surface area contributed by atoms with Crippen LogP contribution in [-0.2, 0) is 18.3 Å². The zero-order chi connectivity index (χ0) is 22.0. The molecule has 2 amide bonds. The standard InChI is InChI=1S/C24H28N4O2S/c1-17(2)26-23(30)24(11-13-28(16-24)22(29)20-10-12-25-27(20)3)15-18-6-8-19(9-7-18)21-5-4-14-31-21/h4-10,12,14,17H,11,13,15-16H2,1-3H3,(H,26,30)/t24-/m1/s1. The fourth-order valence-corrected chi connectivity index (χ4v) is 4.97. The van der Waals surface area contributed by atoms with Gasteiger partial charge in [-0.2, -0.15) is 5.10 Å². The fraction of sp³-hybridized carbons (Fsp3) is 0.375. The summed E-state index contributed by atoms with van der Waals surface area (Å²) in [6.45, 7) is 4.90. The maximum atomic E-state index is 13.3. The quantitative estimate of drug-likeness (QED) is 0.640. The van der Waals surface area contributed by atoms with Crippen LogP contribution >= 0.6 is 11.3 Å². The highest BCUT2D eigenvalue weighted by Crippen LogP contribution is 2.36. The number of aromatic nitrogens is 2. The first-order chi connectivity index (χ1) is 14.9. The van der Waals surface area contributed by atoms with Gasteiger partial charge in [0.05, 0.1) is 5.41 Å². The number of nitrogens with zero attached hydrogens (tertiary/aromatic N) is 3. The molecule has 1 N–H and O–H groups in total. The molecule has 1 aromatic carbocycles. The van der Waals surface area contributed by atoms with Gasteiger partial charge in [0, 0.05) is 37.3 Å². The third kappa shape index (κ3) is 4.42. The summed E-state index contributed by atoms with van der Waals surface area (Å²) < 4.78 is 1.58. The molecule has 2 aromatic heterocycles. The van der Waals surface area contributed by atoms with Crippen LogP contribution in [0, 0.1) is 5.41 Å². The zero-order valence-electron chi connectivity index (χ0n) is 18.2. The minimum Gasteiger partial charge on any atom is -0.353 e. The monoisotopic (exact) mass is 436 g/mol. The first-order valence-electron chi connectivity index (χ1n) is 10.6. The summed E-state index contributed by atoms with van der Waals surface area (Å²) >= 11 is 1.71. The molecule has 3 heterocycles. The van der Waals surface area contributed by atoms with E-state index in [-0.39, 0.29) is 17.9 Å². The first kappa shape index (κ1) is 21.3. The van der Waals surface area contributed by atoms with Gasteiger partial charge in [-0.15, -0.1) is 11.3 Å². The summed E-state index contributed by atoms with van der Waals surface area (Å²) in [4.78, 5) is 29.3. The van der Waals surface area contributed by atoms with E-state index in [1.807, 2.05) is 19.9 Å². The number of carbonyl (C=O) groups is 2. The fourth-order valence-electron chi connectivity index (χ4n) is 4.24. The van der Waals surface area contributed by atoms with Gasteiger partial charge >= 0.3 is 0 Å². The van der Waals surface area contributed by atoms with Crippen molar-refractivity contribution in [2.75, 3.05) is 13.1 Å². The topological polar surface area (TPSA) is 67.2 Å². The summed E-state index contributed by atoms with van der Waals surface area (Å²) in [6, 6.07) is 14.4. The van der Waals surface area contributed by atoms with Gasteiger partial charge in [0.25, 0.3) is 5.91 Å². The van der Waals surface area contributed by atoms with Gasteiger partial charge in [0.1, 0.15) is 5.69 Å². The lowest BCUT2D eigenvalue weighted by Gasteiger charge is -2.29. The van der Waals surface area contributed by atoms with Crippen LogP contribution < -0.4 is 5.32 Å². The summed E-state index contributed by atoms with van der Waals surface area (Å²) in [5.74, 6) is -0.0580. The predicted molar refractivity (Wildman–Crippen MR) is 123 cm³/mol. The van der Waals surface area contributed by atoms with Gasteiger partial charge in [0.15, 0.2) is 0 Å². The third-order valence-electron chi connectivity index (χ3n) is 5.88. The van der Waals surface area contributed by atoms with E-state index in [9.17, 15) is 9.59 Å². The van der Waals surface area contributed by atoms with Gasteiger partial charge in [0.2, 0.25) is 5.91 Å². The molecule has 1 aliphatic rings. The van der Waals surface area contributed by atoms with Crippen molar-refractivity contribution in [1.29, 1.82) is 0 Å². The maximum Gasteiger partial charge on any atom is 0.272 e. The number of nitrogens with one attached hydrogen (secondary N) is 1. The van der Waals surface area contributed by atoms with Crippen LogP contribution in [-0.4, -0.2) is 45.6 Å². The van der Waals surface area contributed by atoms with Crippen LogP contribution in [0.3, 0.4) is 0 Å². The smallest absolute Gasteiger partial charge is 0.272 e. The van der Waals surface area contributed by atoms with Crippen molar-refractivity contribution >= 4 is 23.2 Å². The van der Waals surface area contributed by atoms with E-state index in [2.05, 4.69) is 46.1 Å². The number of thiophene rings is 1. The molecule has 4 rings (SSSR count). The van der Waals surface area contributed by atoms with E-state index in [0.717, 1.165) is 5.56 Å². The molecule has 162 valence electrons. The van der Waals surface area contributed by atoms with Crippen LogP contribution in [0.1, 0.15) is 36.3 Å². The van der Waals surface area contributed by atoms with Crippen molar-refractivity contribution in [3.05, 3.63) is 65.3 Å². The Hall–Kier alpha value is -2.93. The number of likely N-dealkylation sites (tertiary alicyclic amines) is 1. The van der Waals surface area contributed by atoms with Gasteiger partial charge in [-0.25, -0.2) is 0 Å². The molecular weight excluding hydrogens is 408 g/mol. The van der Waals surface area contributed by atoms with Crippen LogP contribution in [0.15, 0.2) is 54.0 Å². The summed E-state index contributed by atoms with van der Waals surface area (Å²) in [6.07, 6.45) is 2.87. The second-order valence-corrected chi connectivity index (χ2v) is 9.52. The molecule has 0 aliphatic carbocycles. The van der Waals surface area contributed by atoms with Crippen LogP contribution in [0.25, 0.3) is 10.4 Å². The molecule has 7 heteroatoms. The number of hydrogen-bond acceptors (Lipinski definition) is 4. The Morgan fingerprint density at radius 2 is 1.97 bits per heavy atom. The Morgan fingerprint density at radius 3 is 2.58 bits per heavy atom. The Morgan fingerprint density at radius 1 is 1.19 bits per heavy atom. The van der Waals surface area contributed by atoms with Crippen LogP contribution in [0.4, 0.5) is 0 Å². The summed E-state index contributed by atoms with van der Waals surface area (Å²) in [7, 11) is 1.76. The van der Waals surface area contributed by atoms with Crippen molar-refractivity contribution in [1.82, 2.24) is 20.0 Å². The third-order valence-corrected chi connectivity index (χ3v) is 6.80. The normalized spacial score (nSPS) is 18.5. The molecule has 1 saturated heterocycles. The lowest BCUT2D eigenvalue weighted by molar-refractivity contribution is -0.130. The molecule has 0 radical (unpaired) electrons. The minimum atomic E-state index is -0.636. The Balaban J connectivity index is 1.57. The first-order valence-corrected chi connectivity index (χ1v) is 11.5. The number of aryl methyl sites for hydroxylation is 1. The van der Waals surface area contributed by atoms with Crippen molar-refractivity contribution in [2.24, 2.45) is 12.5 Å². The molecular formula is C24H28N4O2S. The lowest BCUT2D eigenvalue weighted by Crippen LogP contribution is -2.47. The average molecular weight is 437 g/mol. The predicted octanol–water partition coefficient (Wildman–Crippen LogP) is 3.75. The van der Waals surface area contributed by atoms with Crippen molar-refractivity contribution in [2.45, 2.75) is 32.7 Å². The Kier molecular flexibility index (Phi) is 5.96. The molecule has 1 aliphatic heterocycles. The molecule has 0 spiro atoms. The van der Waals surface area contributed by atoms with E-state index < -0.39 is 5.41 Å². The highest BCUT2D eigenvalue weighted by molar-refractivity contribution is 7.13. The second kappa shape index (κ2) is 8.67. The highest BCUT2D eigenvalue weighted by Gasteiger charge is 2.46. The van der Waals surface area contributed by atoms with E-state index in [0.29, 0.717) is 31.6 Å². The molecule has 31 heavy (non-hydrogen) atoms. The number of rotatable bonds is 6. The molecule has 0 unspecified atom stereocenters. The van der Waals surface area contributed by atoms with Crippen LogP contribution in [0.2, 0.25) is 0 Å². The van der Waals surface area contributed by atoms with Gasteiger partial charge < -0.3 is 10.2 Å². The van der Waals surface area contributed by atoms with E-state index in [1.54, 1.807) is 40.2 Å². The number of benzene rings is 1. The van der Waals surface area contributed by atoms with Gasteiger partial charge in [-0.1, -0.05) is 30.3 Å². The number of carbonyl (C=O) groups excluding carboxylic acids is 2. The molecule has 6 nitrogen and oxygen atoms in total. The Labute approximate surface area is 186 Å². The molecule has 3 aromatic rings. The van der Waals surface area contributed by atoms with Crippen molar-refractivity contribution in [3.8, 4) is 10.4 Å². The lowest BCUT2D eigenvalue weighted by atomic mass is 9.79. The average Bonchev–Trinajstić information content (AvgIpc) is 3.49. The van der Waals surface area contributed by atoms with E-state index in [1.165, 1.54) is 10.4 Å². The second-order valence-electron chi connectivity index (χ2n) is 8.58. The summed E-state index contributed by atoms with van der Waals surface area (Å²) in [5, 5.41) is 9.27. The molecule has 1 atom stereocenters. The molecule has 0 saturated carbocycles. The van der Waals surface area contributed by atoms with Gasteiger partial charge in [-0.05, 0) is 55.3 Å². The molecule has 0 bridgehead atoms. The molecule has 1 fully saturated rings. The largest absolute Gasteiger partial charge is 0.353 e. The maximum absolute atomic E-state index is 13.3. The minimum absolute atomic E-state index is 0.0186. The SMILES string of the molecule is CC(C)NC(=O)[C@@]1(Cc2ccc(-c3cccs3)cc2)CCN(C(=O)c2ccnn2C)C1. The van der Waals surface area contributed by atoms with E-state index >= 15 is 0 Å². The Bertz CT molecular complexity index is 1060. The highest BCUT2D eigenvalue weighted by atomic mass is 32.1. The number of hydrogen-bond donors (Lipinski definition) is 1. The van der Waals surface area contributed by atoms with E-state index in [4.69, 9.17) is 0 Å². The summed E-state index contributed by atoms with van der Waals surface area (Å²) in [5.41, 5.74) is 2.19. The van der Waals surface area contributed by atoms with Gasteiger partial charge in [-0.3, -0.25) is 14.3 Å². The zero-order valence-corrected chi connectivity index (χ0v) is 19.0. The van der Waals surface area contributed by atoms with Crippen molar-refractivity contribution < 1.29 is 9.59 Å².